The standard InChI is InChI=1S/C9H11BrClNO3/c10-2-5-14-6-3-12-9(13)7-1-4-15-8(7)11/h1,4H,2-3,5-6H2,(H,12,13). The smallest absolute Gasteiger partial charge is 0.256 e. The fourth-order valence-corrected chi connectivity index (χ4v) is 1.37. The van der Waals surface area contributed by atoms with Crippen LogP contribution in [0.5, 0.6) is 0 Å². The number of rotatable bonds is 6. The van der Waals surface area contributed by atoms with Crippen LogP contribution < -0.4 is 5.32 Å². The molecule has 1 rings (SSSR count). The summed E-state index contributed by atoms with van der Waals surface area (Å²) in [4.78, 5) is 11.4. The molecule has 0 aliphatic rings. The van der Waals surface area contributed by atoms with Gasteiger partial charge in [0.25, 0.3) is 5.91 Å². The average molecular weight is 297 g/mol. The van der Waals surface area contributed by atoms with E-state index in [4.69, 9.17) is 20.8 Å². The lowest BCUT2D eigenvalue weighted by Crippen LogP contribution is -2.27. The monoisotopic (exact) mass is 295 g/mol. The van der Waals surface area contributed by atoms with Crippen LogP contribution in [-0.4, -0.2) is 31.0 Å². The minimum Gasteiger partial charge on any atom is -0.452 e. The largest absolute Gasteiger partial charge is 0.452 e. The molecule has 0 aliphatic heterocycles. The van der Waals surface area contributed by atoms with Gasteiger partial charge < -0.3 is 14.5 Å². The minimum atomic E-state index is -0.254. The maximum Gasteiger partial charge on any atom is 0.256 e. The molecule has 84 valence electrons. The average Bonchev–Trinajstić information content (AvgIpc) is 2.64. The summed E-state index contributed by atoms with van der Waals surface area (Å²) >= 11 is 8.86. The van der Waals surface area contributed by atoms with Gasteiger partial charge in [-0.3, -0.25) is 4.79 Å². The molecule has 4 nitrogen and oxygen atoms in total. The van der Waals surface area contributed by atoms with Crippen LogP contribution >= 0.6 is 27.5 Å². The maximum atomic E-state index is 11.4. The van der Waals surface area contributed by atoms with Gasteiger partial charge in [-0.15, -0.1) is 0 Å². The molecular formula is C9H11BrClNO3. The Labute approximate surface area is 101 Å². The van der Waals surface area contributed by atoms with Crippen molar-refractivity contribution in [2.45, 2.75) is 0 Å². The number of furan rings is 1. The summed E-state index contributed by atoms with van der Waals surface area (Å²) in [5, 5.41) is 3.55. The van der Waals surface area contributed by atoms with Crippen LogP contribution in [0.4, 0.5) is 0 Å². The first-order chi connectivity index (χ1) is 7.25. The molecule has 0 unspecified atom stereocenters. The van der Waals surface area contributed by atoms with Gasteiger partial charge >= 0.3 is 0 Å². The topological polar surface area (TPSA) is 51.5 Å². The molecule has 0 fully saturated rings. The van der Waals surface area contributed by atoms with E-state index in [9.17, 15) is 4.79 Å². The van der Waals surface area contributed by atoms with Crippen LogP contribution in [-0.2, 0) is 4.74 Å². The third kappa shape index (κ3) is 4.24. The number of amides is 1. The minimum absolute atomic E-state index is 0.105. The van der Waals surface area contributed by atoms with E-state index in [-0.39, 0.29) is 11.1 Å². The van der Waals surface area contributed by atoms with Crippen molar-refractivity contribution >= 4 is 33.4 Å². The summed E-state index contributed by atoms with van der Waals surface area (Å²) in [5.74, 6) is -0.254. The van der Waals surface area contributed by atoms with Crippen molar-refractivity contribution in [3.05, 3.63) is 23.1 Å². The molecule has 0 bridgehead atoms. The van der Waals surface area contributed by atoms with E-state index in [0.29, 0.717) is 25.3 Å². The molecule has 15 heavy (non-hydrogen) atoms. The quantitative estimate of drug-likeness (QED) is 0.646. The number of hydrogen-bond donors (Lipinski definition) is 1. The fraction of sp³-hybridized carbons (Fsp3) is 0.444. The molecule has 0 saturated heterocycles. The Bertz CT molecular complexity index is 316. The maximum absolute atomic E-state index is 11.4. The number of carbonyl (C=O) groups excluding carboxylic acids is 1. The summed E-state index contributed by atoms with van der Waals surface area (Å²) in [5.41, 5.74) is 0.345. The van der Waals surface area contributed by atoms with E-state index in [1.54, 1.807) is 0 Å². The highest BCUT2D eigenvalue weighted by atomic mass is 79.9. The van der Waals surface area contributed by atoms with Gasteiger partial charge in [0.05, 0.1) is 25.0 Å². The van der Waals surface area contributed by atoms with Crippen LogP contribution in [0.15, 0.2) is 16.7 Å². The second-order valence-corrected chi connectivity index (χ2v) is 3.80. The molecule has 1 N–H and O–H groups in total. The Balaban J connectivity index is 2.22. The van der Waals surface area contributed by atoms with E-state index < -0.39 is 0 Å². The van der Waals surface area contributed by atoms with E-state index in [1.807, 2.05) is 0 Å². The first-order valence-electron chi connectivity index (χ1n) is 4.40. The molecular weight excluding hydrogens is 285 g/mol. The van der Waals surface area contributed by atoms with Gasteiger partial charge in [-0.1, -0.05) is 15.9 Å². The van der Waals surface area contributed by atoms with Gasteiger partial charge in [0, 0.05) is 11.9 Å². The Morgan fingerprint density at radius 1 is 1.60 bits per heavy atom. The Kier molecular flexibility index (Phi) is 5.75. The molecule has 0 aliphatic carbocycles. The molecule has 1 aromatic heterocycles. The summed E-state index contributed by atoms with van der Waals surface area (Å²) in [7, 11) is 0. The summed E-state index contributed by atoms with van der Waals surface area (Å²) < 4.78 is 9.96. The lowest BCUT2D eigenvalue weighted by atomic mass is 10.3. The third-order valence-electron chi connectivity index (χ3n) is 1.62. The second-order valence-electron chi connectivity index (χ2n) is 2.67. The van der Waals surface area contributed by atoms with Crippen LogP contribution in [0.25, 0.3) is 0 Å². The Morgan fingerprint density at radius 3 is 3.00 bits per heavy atom. The van der Waals surface area contributed by atoms with Crippen molar-refractivity contribution in [1.82, 2.24) is 5.32 Å². The van der Waals surface area contributed by atoms with E-state index in [2.05, 4.69) is 21.2 Å². The number of alkyl halides is 1. The summed E-state index contributed by atoms with van der Waals surface area (Å²) in [6, 6.07) is 1.52. The number of hydrogen-bond acceptors (Lipinski definition) is 3. The molecule has 6 heteroatoms. The zero-order valence-electron chi connectivity index (χ0n) is 7.96. The molecule has 0 radical (unpaired) electrons. The molecule has 1 heterocycles. The number of halogens is 2. The highest BCUT2D eigenvalue weighted by Gasteiger charge is 2.11. The number of carbonyl (C=O) groups is 1. The van der Waals surface area contributed by atoms with Crippen molar-refractivity contribution in [3.63, 3.8) is 0 Å². The predicted molar refractivity (Wildman–Crippen MR) is 60.7 cm³/mol. The highest BCUT2D eigenvalue weighted by Crippen LogP contribution is 2.15. The number of ether oxygens (including phenoxy) is 1. The lowest BCUT2D eigenvalue weighted by molar-refractivity contribution is 0.0923. The van der Waals surface area contributed by atoms with Crippen LogP contribution in [0, 0.1) is 0 Å². The molecule has 0 atom stereocenters. The van der Waals surface area contributed by atoms with E-state index in [0.717, 1.165) is 5.33 Å². The third-order valence-corrected chi connectivity index (χ3v) is 2.23. The van der Waals surface area contributed by atoms with Gasteiger partial charge in [-0.2, -0.15) is 0 Å². The molecule has 0 aromatic carbocycles. The SMILES string of the molecule is O=C(NCCOCCBr)c1ccoc1Cl. The van der Waals surface area contributed by atoms with E-state index in [1.165, 1.54) is 12.3 Å². The first-order valence-corrected chi connectivity index (χ1v) is 5.90. The highest BCUT2D eigenvalue weighted by molar-refractivity contribution is 9.09. The predicted octanol–water partition coefficient (Wildman–Crippen LogP) is 2.07. The molecule has 1 aromatic rings. The van der Waals surface area contributed by atoms with Crippen LogP contribution in [0.3, 0.4) is 0 Å². The van der Waals surface area contributed by atoms with Gasteiger partial charge in [0.15, 0.2) is 0 Å². The lowest BCUT2D eigenvalue weighted by Gasteiger charge is -2.04. The normalized spacial score (nSPS) is 10.3. The number of nitrogens with one attached hydrogen (secondary N) is 1. The Morgan fingerprint density at radius 2 is 2.40 bits per heavy atom. The van der Waals surface area contributed by atoms with Crippen molar-refractivity contribution in [1.29, 1.82) is 0 Å². The van der Waals surface area contributed by atoms with Crippen LogP contribution in [0.1, 0.15) is 10.4 Å². The van der Waals surface area contributed by atoms with Crippen molar-refractivity contribution in [3.8, 4) is 0 Å². The van der Waals surface area contributed by atoms with Gasteiger partial charge in [0.2, 0.25) is 5.22 Å². The van der Waals surface area contributed by atoms with Crippen molar-refractivity contribution in [2.75, 3.05) is 25.1 Å². The van der Waals surface area contributed by atoms with Gasteiger partial charge in [0.1, 0.15) is 0 Å². The van der Waals surface area contributed by atoms with Crippen molar-refractivity contribution in [2.24, 2.45) is 0 Å². The van der Waals surface area contributed by atoms with E-state index >= 15 is 0 Å². The summed E-state index contributed by atoms with van der Waals surface area (Å²) in [6.07, 6.45) is 1.37. The van der Waals surface area contributed by atoms with Gasteiger partial charge in [-0.25, -0.2) is 0 Å². The first kappa shape index (κ1) is 12.5. The molecule has 1 amide bonds. The van der Waals surface area contributed by atoms with Crippen LogP contribution in [0.2, 0.25) is 5.22 Å². The van der Waals surface area contributed by atoms with Crippen molar-refractivity contribution < 1.29 is 13.9 Å². The second kappa shape index (κ2) is 6.87. The van der Waals surface area contributed by atoms with Gasteiger partial charge in [-0.05, 0) is 17.7 Å². The molecule has 0 spiro atoms. The summed E-state index contributed by atoms with van der Waals surface area (Å²) in [6.45, 7) is 1.56. The zero-order valence-corrected chi connectivity index (χ0v) is 10.3. The fourth-order valence-electron chi connectivity index (χ4n) is 0.944. The molecule has 0 saturated carbocycles. The Hall–Kier alpha value is -0.520. The zero-order chi connectivity index (χ0) is 11.1.